The SMILES string of the molecule is CCC(C)NC(=NC)NCc1cccc(NC(=O)C2CCCC2)c1.I. The summed E-state index contributed by atoms with van der Waals surface area (Å²) in [5.41, 5.74) is 1.99. The van der Waals surface area contributed by atoms with Gasteiger partial charge in [-0.1, -0.05) is 31.9 Å². The second kappa shape index (κ2) is 11.3. The topological polar surface area (TPSA) is 65.5 Å². The highest BCUT2D eigenvalue weighted by Crippen LogP contribution is 2.26. The average molecular weight is 458 g/mol. The third-order valence-corrected chi connectivity index (χ3v) is 4.60. The number of aliphatic imine (C=N–C) groups is 1. The minimum Gasteiger partial charge on any atom is -0.354 e. The molecule has 0 aromatic heterocycles. The summed E-state index contributed by atoms with van der Waals surface area (Å²) in [5, 5.41) is 9.71. The molecule has 1 aromatic carbocycles. The van der Waals surface area contributed by atoms with Gasteiger partial charge in [-0.25, -0.2) is 0 Å². The van der Waals surface area contributed by atoms with E-state index in [4.69, 9.17) is 0 Å². The zero-order chi connectivity index (χ0) is 17.4. The Morgan fingerprint density at radius 2 is 2.04 bits per heavy atom. The van der Waals surface area contributed by atoms with Crippen molar-refractivity contribution in [3.8, 4) is 0 Å². The molecule has 1 aliphatic carbocycles. The summed E-state index contributed by atoms with van der Waals surface area (Å²) in [5.74, 6) is 1.14. The lowest BCUT2D eigenvalue weighted by molar-refractivity contribution is -0.119. The number of benzene rings is 1. The van der Waals surface area contributed by atoms with Gasteiger partial charge in [0.25, 0.3) is 0 Å². The summed E-state index contributed by atoms with van der Waals surface area (Å²) in [4.78, 5) is 16.5. The molecule has 140 valence electrons. The standard InChI is InChI=1S/C19H30N4O.HI/c1-4-14(2)22-19(20-3)21-13-15-8-7-11-17(12-15)23-18(24)16-9-5-6-10-16;/h7-8,11-12,14,16H,4-6,9-10,13H2,1-3H3,(H,23,24)(H2,20,21,22);1H. The third-order valence-electron chi connectivity index (χ3n) is 4.60. The maximum Gasteiger partial charge on any atom is 0.227 e. The number of carbonyl (C=O) groups is 1. The van der Waals surface area contributed by atoms with Gasteiger partial charge in [-0.2, -0.15) is 0 Å². The Bertz CT molecular complexity index is 570. The van der Waals surface area contributed by atoms with Gasteiger partial charge >= 0.3 is 0 Å². The van der Waals surface area contributed by atoms with E-state index in [1.807, 2.05) is 18.2 Å². The highest BCUT2D eigenvalue weighted by molar-refractivity contribution is 14.0. The summed E-state index contributed by atoms with van der Waals surface area (Å²) in [6.07, 6.45) is 5.42. The quantitative estimate of drug-likeness (QED) is 0.344. The first-order valence-corrected chi connectivity index (χ1v) is 8.99. The zero-order valence-electron chi connectivity index (χ0n) is 15.5. The van der Waals surface area contributed by atoms with Crippen LogP contribution in [0, 0.1) is 5.92 Å². The summed E-state index contributed by atoms with van der Waals surface area (Å²) in [6.45, 7) is 4.94. The molecular weight excluding hydrogens is 427 g/mol. The molecule has 0 radical (unpaired) electrons. The van der Waals surface area contributed by atoms with E-state index < -0.39 is 0 Å². The summed E-state index contributed by atoms with van der Waals surface area (Å²) in [6, 6.07) is 8.38. The largest absolute Gasteiger partial charge is 0.354 e. The number of nitrogens with one attached hydrogen (secondary N) is 3. The van der Waals surface area contributed by atoms with Crippen LogP contribution in [0.3, 0.4) is 0 Å². The van der Waals surface area contributed by atoms with E-state index in [9.17, 15) is 4.79 Å². The van der Waals surface area contributed by atoms with Crippen molar-refractivity contribution >= 4 is 41.5 Å². The van der Waals surface area contributed by atoms with Gasteiger partial charge in [0.1, 0.15) is 0 Å². The van der Waals surface area contributed by atoms with Gasteiger partial charge in [0.15, 0.2) is 5.96 Å². The minimum absolute atomic E-state index is 0. The van der Waals surface area contributed by atoms with E-state index >= 15 is 0 Å². The molecule has 1 amide bonds. The van der Waals surface area contributed by atoms with Crippen LogP contribution in [0.15, 0.2) is 29.3 Å². The number of anilines is 1. The molecule has 1 aliphatic rings. The molecule has 2 rings (SSSR count). The predicted molar refractivity (Wildman–Crippen MR) is 116 cm³/mol. The maximum absolute atomic E-state index is 12.2. The van der Waals surface area contributed by atoms with Crippen LogP contribution < -0.4 is 16.0 Å². The van der Waals surface area contributed by atoms with E-state index in [0.29, 0.717) is 12.6 Å². The lowest BCUT2D eigenvalue weighted by Gasteiger charge is -2.17. The second-order valence-electron chi connectivity index (χ2n) is 6.55. The molecule has 1 aromatic rings. The van der Waals surface area contributed by atoms with Gasteiger partial charge in [-0.3, -0.25) is 9.79 Å². The Morgan fingerprint density at radius 3 is 2.68 bits per heavy atom. The second-order valence-corrected chi connectivity index (χ2v) is 6.55. The van der Waals surface area contributed by atoms with Crippen molar-refractivity contribution in [2.75, 3.05) is 12.4 Å². The van der Waals surface area contributed by atoms with Crippen molar-refractivity contribution in [2.24, 2.45) is 10.9 Å². The fraction of sp³-hybridized carbons (Fsp3) is 0.579. The number of carbonyl (C=O) groups excluding carboxylic acids is 1. The Hall–Kier alpha value is -1.31. The van der Waals surface area contributed by atoms with E-state index in [1.165, 1.54) is 12.8 Å². The molecule has 0 spiro atoms. The van der Waals surface area contributed by atoms with Crippen molar-refractivity contribution in [3.63, 3.8) is 0 Å². The monoisotopic (exact) mass is 458 g/mol. The van der Waals surface area contributed by atoms with Gasteiger partial charge in [0.2, 0.25) is 5.91 Å². The number of hydrogen-bond donors (Lipinski definition) is 3. The molecule has 1 fully saturated rings. The molecule has 0 bridgehead atoms. The molecule has 1 saturated carbocycles. The molecule has 6 heteroatoms. The van der Waals surface area contributed by atoms with Crippen LogP contribution in [0.4, 0.5) is 5.69 Å². The number of rotatable bonds is 6. The Balaban J connectivity index is 0.00000312. The van der Waals surface area contributed by atoms with Crippen molar-refractivity contribution in [1.29, 1.82) is 0 Å². The number of halogens is 1. The fourth-order valence-corrected chi connectivity index (χ4v) is 2.91. The van der Waals surface area contributed by atoms with Crippen LogP contribution in [-0.4, -0.2) is 25.0 Å². The predicted octanol–water partition coefficient (Wildman–Crippen LogP) is 3.90. The molecule has 1 atom stereocenters. The number of amides is 1. The Kier molecular flexibility index (Phi) is 9.85. The first-order valence-electron chi connectivity index (χ1n) is 8.99. The van der Waals surface area contributed by atoms with E-state index in [0.717, 1.165) is 36.5 Å². The smallest absolute Gasteiger partial charge is 0.227 e. The van der Waals surface area contributed by atoms with E-state index in [-0.39, 0.29) is 35.8 Å². The molecule has 0 saturated heterocycles. The van der Waals surface area contributed by atoms with Crippen LogP contribution in [0.1, 0.15) is 51.5 Å². The molecular formula is C19H31IN4O. The van der Waals surface area contributed by atoms with Gasteiger partial charge in [0.05, 0.1) is 0 Å². The van der Waals surface area contributed by atoms with E-state index in [2.05, 4.69) is 40.9 Å². The molecule has 3 N–H and O–H groups in total. The number of hydrogen-bond acceptors (Lipinski definition) is 2. The first-order chi connectivity index (χ1) is 11.6. The number of nitrogens with zero attached hydrogens (tertiary/aromatic N) is 1. The van der Waals surface area contributed by atoms with Crippen molar-refractivity contribution < 1.29 is 4.79 Å². The third kappa shape index (κ3) is 7.22. The fourth-order valence-electron chi connectivity index (χ4n) is 2.91. The molecule has 1 unspecified atom stereocenters. The molecule has 25 heavy (non-hydrogen) atoms. The molecule has 0 heterocycles. The molecule has 5 nitrogen and oxygen atoms in total. The van der Waals surface area contributed by atoms with Crippen LogP contribution in [0.2, 0.25) is 0 Å². The van der Waals surface area contributed by atoms with Gasteiger partial charge in [-0.15, -0.1) is 24.0 Å². The highest BCUT2D eigenvalue weighted by atomic mass is 127. The average Bonchev–Trinajstić information content (AvgIpc) is 3.13. The summed E-state index contributed by atoms with van der Waals surface area (Å²) in [7, 11) is 1.77. The van der Waals surface area contributed by atoms with Gasteiger partial charge in [-0.05, 0) is 43.9 Å². The van der Waals surface area contributed by atoms with Crippen LogP contribution in [0.5, 0.6) is 0 Å². The first kappa shape index (κ1) is 21.7. The van der Waals surface area contributed by atoms with Crippen LogP contribution >= 0.6 is 24.0 Å². The van der Waals surface area contributed by atoms with Crippen molar-refractivity contribution in [3.05, 3.63) is 29.8 Å². The lowest BCUT2D eigenvalue weighted by Crippen LogP contribution is -2.41. The Labute approximate surface area is 168 Å². The highest BCUT2D eigenvalue weighted by Gasteiger charge is 2.22. The van der Waals surface area contributed by atoms with Crippen molar-refractivity contribution in [1.82, 2.24) is 10.6 Å². The zero-order valence-corrected chi connectivity index (χ0v) is 17.8. The van der Waals surface area contributed by atoms with Crippen LogP contribution in [-0.2, 0) is 11.3 Å². The normalized spacial score (nSPS) is 16.0. The summed E-state index contributed by atoms with van der Waals surface area (Å²) >= 11 is 0. The van der Waals surface area contributed by atoms with Crippen LogP contribution in [0.25, 0.3) is 0 Å². The van der Waals surface area contributed by atoms with Gasteiger partial charge < -0.3 is 16.0 Å². The van der Waals surface area contributed by atoms with E-state index in [1.54, 1.807) is 7.05 Å². The van der Waals surface area contributed by atoms with Crippen molar-refractivity contribution in [2.45, 2.75) is 58.5 Å². The maximum atomic E-state index is 12.2. The Morgan fingerprint density at radius 1 is 1.32 bits per heavy atom. The van der Waals surface area contributed by atoms with Gasteiger partial charge in [0, 0.05) is 31.2 Å². The minimum atomic E-state index is 0. The number of guanidine groups is 1. The lowest BCUT2D eigenvalue weighted by atomic mass is 10.1. The summed E-state index contributed by atoms with van der Waals surface area (Å²) < 4.78 is 0. The molecule has 0 aliphatic heterocycles.